The summed E-state index contributed by atoms with van der Waals surface area (Å²) in [6, 6.07) is 8.66. The van der Waals surface area contributed by atoms with Crippen molar-refractivity contribution in [1.29, 1.82) is 0 Å². The van der Waals surface area contributed by atoms with Crippen LogP contribution < -0.4 is 5.32 Å². The van der Waals surface area contributed by atoms with E-state index < -0.39 is 0 Å². The molecule has 0 saturated heterocycles. The molecule has 0 spiro atoms. The molecule has 0 aliphatic carbocycles. The Hall–Kier alpha value is -1.68. The maximum absolute atomic E-state index is 5.39. The SMILES string of the molecule is CCCCc1noc([C@@H]2Cc3ccccc3CN2)n1. The van der Waals surface area contributed by atoms with E-state index in [4.69, 9.17) is 4.52 Å². The first-order valence-corrected chi connectivity index (χ1v) is 6.99. The van der Waals surface area contributed by atoms with Crippen LogP contribution in [0.25, 0.3) is 0 Å². The second-order valence-electron chi connectivity index (χ2n) is 5.06. The van der Waals surface area contributed by atoms with Gasteiger partial charge in [-0.25, -0.2) is 0 Å². The van der Waals surface area contributed by atoms with Crippen molar-refractivity contribution in [2.45, 2.75) is 45.2 Å². The number of aromatic nitrogens is 2. The number of nitrogens with one attached hydrogen (secondary N) is 1. The van der Waals surface area contributed by atoms with Crippen LogP contribution in [0.2, 0.25) is 0 Å². The standard InChI is InChI=1S/C15H19N3O/c1-2-3-8-14-17-15(19-18-14)13-9-11-6-4-5-7-12(11)10-16-13/h4-7,13,16H,2-3,8-10H2,1H3/t13-/m0/s1. The first-order chi connectivity index (χ1) is 9.36. The first-order valence-electron chi connectivity index (χ1n) is 6.99. The van der Waals surface area contributed by atoms with Crippen LogP contribution in [0.15, 0.2) is 28.8 Å². The molecule has 1 atom stereocenters. The summed E-state index contributed by atoms with van der Waals surface area (Å²) in [5, 5.41) is 7.52. The second-order valence-corrected chi connectivity index (χ2v) is 5.06. The number of fused-ring (bicyclic) bond motifs is 1. The van der Waals surface area contributed by atoms with E-state index in [1.165, 1.54) is 11.1 Å². The van der Waals surface area contributed by atoms with Crippen LogP contribution in [0.4, 0.5) is 0 Å². The summed E-state index contributed by atoms with van der Waals surface area (Å²) >= 11 is 0. The molecule has 0 fully saturated rings. The topological polar surface area (TPSA) is 51.0 Å². The van der Waals surface area contributed by atoms with Crippen LogP contribution in [0.1, 0.15) is 48.6 Å². The van der Waals surface area contributed by atoms with E-state index in [1.807, 2.05) is 0 Å². The van der Waals surface area contributed by atoms with E-state index in [0.717, 1.165) is 43.9 Å². The fraction of sp³-hybridized carbons (Fsp3) is 0.467. The Morgan fingerprint density at radius 1 is 1.32 bits per heavy atom. The predicted molar refractivity (Wildman–Crippen MR) is 72.6 cm³/mol. The molecule has 0 bridgehead atoms. The highest BCUT2D eigenvalue weighted by Crippen LogP contribution is 2.24. The van der Waals surface area contributed by atoms with Crippen molar-refractivity contribution >= 4 is 0 Å². The van der Waals surface area contributed by atoms with Crippen LogP contribution >= 0.6 is 0 Å². The van der Waals surface area contributed by atoms with Gasteiger partial charge in [0.25, 0.3) is 0 Å². The summed E-state index contributed by atoms with van der Waals surface area (Å²) in [5.41, 5.74) is 2.74. The van der Waals surface area contributed by atoms with Crippen molar-refractivity contribution in [2.75, 3.05) is 0 Å². The third-order valence-electron chi connectivity index (χ3n) is 3.62. The third-order valence-corrected chi connectivity index (χ3v) is 3.62. The van der Waals surface area contributed by atoms with Crippen LogP contribution in [0.3, 0.4) is 0 Å². The van der Waals surface area contributed by atoms with Gasteiger partial charge < -0.3 is 9.84 Å². The molecule has 19 heavy (non-hydrogen) atoms. The molecular weight excluding hydrogens is 238 g/mol. The molecule has 1 aromatic heterocycles. The number of hydrogen-bond acceptors (Lipinski definition) is 4. The van der Waals surface area contributed by atoms with Crippen molar-refractivity contribution in [2.24, 2.45) is 0 Å². The van der Waals surface area contributed by atoms with Gasteiger partial charge in [-0.1, -0.05) is 42.8 Å². The maximum Gasteiger partial charge on any atom is 0.244 e. The molecule has 0 amide bonds. The van der Waals surface area contributed by atoms with Gasteiger partial charge >= 0.3 is 0 Å². The van der Waals surface area contributed by atoms with Gasteiger partial charge in [-0.15, -0.1) is 0 Å². The van der Waals surface area contributed by atoms with E-state index in [0.29, 0.717) is 0 Å². The summed E-state index contributed by atoms with van der Waals surface area (Å²) in [6.07, 6.45) is 4.09. The molecule has 100 valence electrons. The van der Waals surface area contributed by atoms with Crippen LogP contribution in [0.5, 0.6) is 0 Å². The molecule has 1 aliphatic rings. The zero-order valence-corrected chi connectivity index (χ0v) is 11.2. The van der Waals surface area contributed by atoms with Gasteiger partial charge in [-0.05, 0) is 24.0 Å². The normalized spacial score (nSPS) is 18.3. The fourth-order valence-electron chi connectivity index (χ4n) is 2.47. The zero-order chi connectivity index (χ0) is 13.1. The number of rotatable bonds is 4. The lowest BCUT2D eigenvalue weighted by Gasteiger charge is -2.23. The molecule has 4 heteroatoms. The zero-order valence-electron chi connectivity index (χ0n) is 11.2. The monoisotopic (exact) mass is 257 g/mol. The molecule has 0 saturated carbocycles. The van der Waals surface area contributed by atoms with Crippen molar-refractivity contribution in [3.63, 3.8) is 0 Å². The molecular formula is C15H19N3O. The van der Waals surface area contributed by atoms with Gasteiger partial charge in [-0.2, -0.15) is 4.98 Å². The molecule has 0 unspecified atom stereocenters. The van der Waals surface area contributed by atoms with E-state index in [-0.39, 0.29) is 6.04 Å². The Balaban J connectivity index is 1.72. The molecule has 1 N–H and O–H groups in total. The number of aryl methyl sites for hydroxylation is 1. The molecule has 1 aliphatic heterocycles. The average Bonchev–Trinajstić information content (AvgIpc) is 2.93. The average molecular weight is 257 g/mol. The van der Waals surface area contributed by atoms with E-state index in [1.54, 1.807) is 0 Å². The maximum atomic E-state index is 5.39. The lowest BCUT2D eigenvalue weighted by atomic mass is 9.96. The summed E-state index contributed by atoms with van der Waals surface area (Å²) in [7, 11) is 0. The fourth-order valence-corrected chi connectivity index (χ4v) is 2.47. The Morgan fingerprint density at radius 3 is 3.00 bits per heavy atom. The molecule has 0 radical (unpaired) electrons. The molecule has 2 heterocycles. The highest BCUT2D eigenvalue weighted by atomic mass is 16.5. The van der Waals surface area contributed by atoms with Gasteiger partial charge in [0.1, 0.15) is 0 Å². The van der Waals surface area contributed by atoms with Crippen molar-refractivity contribution < 1.29 is 4.52 Å². The predicted octanol–water partition coefficient (Wildman–Crippen LogP) is 2.80. The molecule has 4 nitrogen and oxygen atoms in total. The minimum atomic E-state index is 0.151. The smallest absolute Gasteiger partial charge is 0.244 e. The van der Waals surface area contributed by atoms with Crippen LogP contribution in [0, 0.1) is 0 Å². The van der Waals surface area contributed by atoms with Crippen LogP contribution in [-0.2, 0) is 19.4 Å². The summed E-state index contributed by atoms with van der Waals surface area (Å²) < 4.78 is 5.39. The van der Waals surface area contributed by atoms with Crippen LogP contribution in [-0.4, -0.2) is 10.1 Å². The Morgan fingerprint density at radius 2 is 2.16 bits per heavy atom. The number of unbranched alkanes of at least 4 members (excludes halogenated alkanes) is 1. The van der Waals surface area contributed by atoms with Crippen molar-refractivity contribution in [3.05, 3.63) is 47.1 Å². The number of benzene rings is 1. The van der Waals surface area contributed by atoms with E-state index >= 15 is 0 Å². The summed E-state index contributed by atoms with van der Waals surface area (Å²) in [5.74, 6) is 1.55. The van der Waals surface area contributed by atoms with Gasteiger partial charge in [-0.3, -0.25) is 0 Å². The molecule has 1 aromatic carbocycles. The third kappa shape index (κ3) is 2.68. The minimum absolute atomic E-state index is 0.151. The molecule has 2 aromatic rings. The minimum Gasteiger partial charge on any atom is -0.338 e. The highest BCUT2D eigenvalue weighted by Gasteiger charge is 2.23. The van der Waals surface area contributed by atoms with Gasteiger partial charge in [0.05, 0.1) is 6.04 Å². The molecule has 3 rings (SSSR count). The van der Waals surface area contributed by atoms with E-state index in [2.05, 4.69) is 46.6 Å². The summed E-state index contributed by atoms with van der Waals surface area (Å²) in [4.78, 5) is 4.50. The Bertz CT molecular complexity index is 550. The summed E-state index contributed by atoms with van der Waals surface area (Å²) in [6.45, 7) is 3.04. The van der Waals surface area contributed by atoms with Gasteiger partial charge in [0.15, 0.2) is 5.82 Å². The quantitative estimate of drug-likeness (QED) is 0.915. The van der Waals surface area contributed by atoms with Crippen molar-refractivity contribution in [1.82, 2.24) is 15.5 Å². The Kier molecular flexibility index (Phi) is 3.60. The lowest BCUT2D eigenvalue weighted by Crippen LogP contribution is -2.28. The lowest BCUT2D eigenvalue weighted by molar-refractivity contribution is 0.318. The van der Waals surface area contributed by atoms with Crippen molar-refractivity contribution in [3.8, 4) is 0 Å². The Labute approximate surface area is 113 Å². The van der Waals surface area contributed by atoms with E-state index in [9.17, 15) is 0 Å². The van der Waals surface area contributed by atoms with Gasteiger partial charge in [0.2, 0.25) is 5.89 Å². The highest BCUT2D eigenvalue weighted by molar-refractivity contribution is 5.30. The van der Waals surface area contributed by atoms with Gasteiger partial charge in [0, 0.05) is 13.0 Å². The number of nitrogens with zero attached hydrogens (tertiary/aromatic N) is 2. The first kappa shape index (κ1) is 12.4. The number of hydrogen-bond donors (Lipinski definition) is 1. The second kappa shape index (κ2) is 5.53. The largest absolute Gasteiger partial charge is 0.338 e.